The summed E-state index contributed by atoms with van der Waals surface area (Å²) in [6.45, 7) is 6.13. The number of anilines is 2. The van der Waals surface area contributed by atoms with Gasteiger partial charge in [0, 0.05) is 22.7 Å². The van der Waals surface area contributed by atoms with Crippen LogP contribution in [0.25, 0.3) is 0 Å². The molecule has 2 amide bonds. The Hall–Kier alpha value is -3.51. The molecule has 1 aromatic heterocycles. The molecule has 0 bridgehead atoms. The zero-order valence-electron chi connectivity index (χ0n) is 21.5. The molecule has 7 nitrogen and oxygen atoms in total. The molecule has 3 heterocycles. The maximum atomic E-state index is 15.8. The molecule has 2 aliphatic heterocycles. The molecule has 10 heteroatoms. The Morgan fingerprint density at radius 2 is 1.97 bits per heavy atom. The van der Waals surface area contributed by atoms with Crippen molar-refractivity contribution in [3.8, 4) is 6.07 Å². The van der Waals surface area contributed by atoms with Gasteiger partial charge < -0.3 is 16.0 Å². The van der Waals surface area contributed by atoms with E-state index in [0.717, 1.165) is 0 Å². The number of fused-ring (bicyclic) bond motifs is 2. The van der Waals surface area contributed by atoms with Crippen LogP contribution in [0.5, 0.6) is 0 Å². The van der Waals surface area contributed by atoms with Crippen LogP contribution in [0, 0.1) is 22.6 Å². The monoisotopic (exact) mass is 565 g/mol. The Labute approximate surface area is 235 Å². The Kier molecular flexibility index (Phi) is 6.88. The summed E-state index contributed by atoms with van der Waals surface area (Å²) in [7, 11) is 0. The minimum Gasteiger partial charge on any atom is -0.325 e. The van der Waals surface area contributed by atoms with Crippen LogP contribution in [0.2, 0.25) is 10.0 Å². The summed E-state index contributed by atoms with van der Waals surface area (Å²) >= 11 is 12.5. The molecule has 3 aromatic rings. The lowest BCUT2D eigenvalue weighted by atomic mass is 9.62. The molecule has 4 atom stereocenters. The zero-order chi connectivity index (χ0) is 28.1. The molecular formula is C29H26Cl2FN5O2. The lowest BCUT2D eigenvalue weighted by molar-refractivity contribution is -0.122. The minimum absolute atomic E-state index is 0.105. The van der Waals surface area contributed by atoms with Crippen LogP contribution in [0.1, 0.15) is 49.9 Å². The van der Waals surface area contributed by atoms with Gasteiger partial charge in [-0.05, 0) is 53.3 Å². The van der Waals surface area contributed by atoms with E-state index in [9.17, 15) is 9.59 Å². The van der Waals surface area contributed by atoms with Gasteiger partial charge in [-0.25, -0.2) is 9.37 Å². The van der Waals surface area contributed by atoms with Gasteiger partial charge in [0.15, 0.2) is 0 Å². The average molecular weight is 566 g/mol. The molecule has 2 aromatic carbocycles. The van der Waals surface area contributed by atoms with Crippen LogP contribution in [0.3, 0.4) is 0 Å². The van der Waals surface area contributed by atoms with Gasteiger partial charge in [-0.15, -0.1) is 0 Å². The third-order valence-electron chi connectivity index (χ3n) is 7.37. The number of pyridine rings is 1. The Morgan fingerprint density at radius 3 is 2.64 bits per heavy atom. The predicted octanol–water partition coefficient (Wildman–Crippen LogP) is 5.79. The largest absolute Gasteiger partial charge is 0.325 e. The highest BCUT2D eigenvalue weighted by Gasteiger charge is 2.66. The molecule has 39 heavy (non-hydrogen) atoms. The molecule has 5 rings (SSSR count). The van der Waals surface area contributed by atoms with Crippen molar-refractivity contribution >= 4 is 46.4 Å². The van der Waals surface area contributed by atoms with E-state index >= 15 is 4.39 Å². The van der Waals surface area contributed by atoms with E-state index in [-0.39, 0.29) is 27.6 Å². The molecule has 0 radical (unpaired) electrons. The fourth-order valence-electron chi connectivity index (χ4n) is 5.91. The molecule has 1 spiro atoms. The number of nitrogens with zero attached hydrogens (tertiary/aromatic N) is 2. The van der Waals surface area contributed by atoms with Gasteiger partial charge in [-0.2, -0.15) is 5.26 Å². The normalized spacial score (nSPS) is 23.8. The molecule has 1 saturated heterocycles. The second kappa shape index (κ2) is 9.91. The first-order chi connectivity index (χ1) is 18.5. The van der Waals surface area contributed by atoms with Gasteiger partial charge in [-0.1, -0.05) is 62.2 Å². The highest BCUT2D eigenvalue weighted by Crippen LogP contribution is 2.57. The highest BCUT2D eigenvalue weighted by molar-refractivity contribution is 6.31. The molecule has 3 N–H and O–H groups in total. The second-order valence-electron chi connectivity index (χ2n) is 11.1. The third kappa shape index (κ3) is 4.65. The first-order valence-electron chi connectivity index (χ1n) is 12.4. The van der Waals surface area contributed by atoms with Crippen LogP contribution in [0.4, 0.5) is 15.8 Å². The van der Waals surface area contributed by atoms with E-state index in [2.05, 4.69) is 20.9 Å². The Bertz CT molecular complexity index is 1520. The number of carbonyl (C=O) groups excluding carboxylic acids is 2. The lowest BCUT2D eigenvalue weighted by Crippen LogP contribution is -2.49. The summed E-state index contributed by atoms with van der Waals surface area (Å²) in [6, 6.07) is 13.2. The molecular weight excluding hydrogens is 540 g/mol. The maximum absolute atomic E-state index is 15.8. The molecule has 1 fully saturated rings. The van der Waals surface area contributed by atoms with Crippen molar-refractivity contribution in [2.45, 2.75) is 50.6 Å². The Morgan fingerprint density at radius 1 is 1.21 bits per heavy atom. The fourth-order valence-corrected chi connectivity index (χ4v) is 6.26. The quantitative estimate of drug-likeness (QED) is 0.371. The van der Waals surface area contributed by atoms with E-state index < -0.39 is 35.1 Å². The van der Waals surface area contributed by atoms with Crippen molar-refractivity contribution in [3.05, 3.63) is 87.4 Å². The van der Waals surface area contributed by atoms with Crippen LogP contribution in [0.15, 0.2) is 54.7 Å². The van der Waals surface area contributed by atoms with Crippen molar-refractivity contribution < 1.29 is 14.0 Å². The first kappa shape index (κ1) is 27.1. The van der Waals surface area contributed by atoms with Gasteiger partial charge >= 0.3 is 0 Å². The summed E-state index contributed by atoms with van der Waals surface area (Å²) in [5.74, 6) is -2.47. The highest BCUT2D eigenvalue weighted by atomic mass is 35.5. The second-order valence-corrected chi connectivity index (χ2v) is 12.0. The number of nitrogens with one attached hydrogen (secondary N) is 3. The van der Waals surface area contributed by atoms with E-state index in [1.54, 1.807) is 36.4 Å². The van der Waals surface area contributed by atoms with E-state index in [1.807, 2.05) is 26.8 Å². The topological polar surface area (TPSA) is 107 Å². The van der Waals surface area contributed by atoms with Crippen LogP contribution in [-0.4, -0.2) is 28.9 Å². The summed E-state index contributed by atoms with van der Waals surface area (Å²) in [4.78, 5) is 32.0. The third-order valence-corrected chi connectivity index (χ3v) is 7.89. The van der Waals surface area contributed by atoms with Gasteiger partial charge in [0.05, 0.1) is 22.9 Å². The predicted molar refractivity (Wildman–Crippen MR) is 148 cm³/mol. The number of carbonyl (C=O) groups is 2. The van der Waals surface area contributed by atoms with Crippen molar-refractivity contribution in [3.63, 3.8) is 0 Å². The molecule has 0 saturated carbocycles. The number of nitriles is 1. The van der Waals surface area contributed by atoms with Gasteiger partial charge in [0.2, 0.25) is 11.8 Å². The SMILES string of the molecule is CC(C)(C)C[C@@H]1N[C@@H](C(=O)Nc2ccc(C#N)nc2)[C@H](c2cccc(Cl)c2F)[C@]12C(=O)Nc1cc(Cl)ccc12. The van der Waals surface area contributed by atoms with Gasteiger partial charge in [0.25, 0.3) is 0 Å². The number of hydrogen-bond donors (Lipinski definition) is 3. The Balaban J connectivity index is 1.71. The fraction of sp³-hybridized carbons (Fsp3) is 0.310. The summed E-state index contributed by atoms with van der Waals surface area (Å²) in [5.41, 5.74) is 0.290. The van der Waals surface area contributed by atoms with E-state index in [0.29, 0.717) is 28.4 Å². The summed E-state index contributed by atoms with van der Waals surface area (Å²) in [6.07, 6.45) is 1.88. The van der Waals surface area contributed by atoms with Crippen LogP contribution < -0.4 is 16.0 Å². The first-order valence-corrected chi connectivity index (χ1v) is 13.2. The smallest absolute Gasteiger partial charge is 0.242 e. The number of benzene rings is 2. The molecule has 200 valence electrons. The van der Waals surface area contributed by atoms with Crippen molar-refractivity contribution in [2.75, 3.05) is 10.6 Å². The van der Waals surface area contributed by atoms with Crippen LogP contribution >= 0.6 is 23.2 Å². The van der Waals surface area contributed by atoms with Crippen molar-refractivity contribution in [2.24, 2.45) is 5.41 Å². The molecule has 0 aliphatic carbocycles. The number of amides is 2. The van der Waals surface area contributed by atoms with Crippen molar-refractivity contribution in [1.29, 1.82) is 5.26 Å². The summed E-state index contributed by atoms with van der Waals surface area (Å²) in [5, 5.41) is 18.6. The minimum atomic E-state index is -1.34. The van der Waals surface area contributed by atoms with Crippen LogP contribution in [-0.2, 0) is 15.0 Å². The van der Waals surface area contributed by atoms with E-state index in [4.69, 9.17) is 28.5 Å². The average Bonchev–Trinajstić information content (AvgIpc) is 3.35. The van der Waals surface area contributed by atoms with Gasteiger partial charge in [-0.3, -0.25) is 9.59 Å². The maximum Gasteiger partial charge on any atom is 0.242 e. The number of rotatable bonds is 4. The molecule has 2 aliphatic rings. The number of hydrogen-bond acceptors (Lipinski definition) is 5. The van der Waals surface area contributed by atoms with Crippen molar-refractivity contribution in [1.82, 2.24) is 10.3 Å². The number of halogens is 3. The zero-order valence-corrected chi connectivity index (χ0v) is 23.0. The van der Waals surface area contributed by atoms with E-state index in [1.165, 1.54) is 18.3 Å². The summed E-state index contributed by atoms with van der Waals surface area (Å²) < 4.78 is 15.8. The lowest BCUT2D eigenvalue weighted by Gasteiger charge is -2.37. The molecule has 0 unspecified atom stereocenters. The van der Waals surface area contributed by atoms with Gasteiger partial charge in [0.1, 0.15) is 23.0 Å². The standard InChI is InChI=1S/C29H26Cl2FN5O2/c1-28(2,3)12-22-29(19-10-7-15(30)11-21(19)36-27(29)39)23(18-5-4-6-20(31)24(18)32)25(37-22)26(38)35-17-9-8-16(13-33)34-14-17/h4-11,14,22-23,25,37H,12H2,1-3H3,(H,35,38)(H,36,39)/t22-,23-,25+,29+/m0/s1. The number of aromatic nitrogens is 1.